The van der Waals surface area contributed by atoms with Crippen molar-refractivity contribution < 1.29 is 17.6 Å². The molecule has 5 rings (SSSR count). The number of hydrogen-bond donors (Lipinski definition) is 2. The molecule has 2 heterocycles. The summed E-state index contributed by atoms with van der Waals surface area (Å²) in [5, 5.41) is 3.48. The highest BCUT2D eigenvalue weighted by Gasteiger charge is 2.40. The molecule has 8 heteroatoms. The summed E-state index contributed by atoms with van der Waals surface area (Å²) in [6.45, 7) is 1.98. The molecule has 0 spiro atoms. The molecule has 1 amide bonds. The van der Waals surface area contributed by atoms with Gasteiger partial charge in [-0.05, 0) is 59.5 Å². The molecule has 1 aliphatic heterocycles. The number of carbonyl (C=O) groups is 1. The molecule has 0 bridgehead atoms. The predicted octanol–water partition coefficient (Wildman–Crippen LogP) is 4.84. The first-order valence-electron chi connectivity index (χ1n) is 11.0. The summed E-state index contributed by atoms with van der Waals surface area (Å²) in [4.78, 5) is 15.1. The Morgan fingerprint density at radius 2 is 1.74 bits per heavy atom. The van der Waals surface area contributed by atoms with Crippen molar-refractivity contribution in [3.8, 4) is 22.3 Å². The number of carbonyl (C=O) groups excluding carboxylic acids is 1. The average Bonchev–Trinajstić information content (AvgIpc) is 3.33. The molecular formula is C26H24FN3O3S. The Hall–Kier alpha value is -3.49. The molecule has 0 saturated carbocycles. The van der Waals surface area contributed by atoms with Gasteiger partial charge in [0.15, 0.2) is 0 Å². The number of hydrogen-bond acceptors (Lipinski definition) is 3. The van der Waals surface area contributed by atoms with Crippen molar-refractivity contribution in [1.29, 1.82) is 0 Å². The zero-order valence-corrected chi connectivity index (χ0v) is 19.6. The lowest BCUT2D eigenvalue weighted by molar-refractivity contribution is -0.120. The van der Waals surface area contributed by atoms with E-state index in [1.807, 2.05) is 49.5 Å². The maximum atomic E-state index is 13.5. The van der Waals surface area contributed by atoms with E-state index in [4.69, 9.17) is 0 Å². The molecule has 3 aromatic carbocycles. The van der Waals surface area contributed by atoms with Crippen LogP contribution in [-0.4, -0.2) is 37.2 Å². The van der Waals surface area contributed by atoms with E-state index in [9.17, 15) is 17.6 Å². The van der Waals surface area contributed by atoms with E-state index in [2.05, 4.69) is 10.3 Å². The minimum Gasteiger partial charge on any atom is -0.360 e. The van der Waals surface area contributed by atoms with Crippen LogP contribution in [0.15, 0.2) is 71.8 Å². The summed E-state index contributed by atoms with van der Waals surface area (Å²) in [7, 11) is -2.10. The van der Waals surface area contributed by atoms with Crippen molar-refractivity contribution in [3.05, 3.63) is 78.2 Å². The highest BCUT2D eigenvalue weighted by Crippen LogP contribution is 2.41. The van der Waals surface area contributed by atoms with E-state index in [0.717, 1.165) is 38.7 Å². The number of aromatic amines is 1. The largest absolute Gasteiger partial charge is 0.360 e. The van der Waals surface area contributed by atoms with Crippen LogP contribution in [0.4, 0.5) is 4.39 Å². The smallest absolute Gasteiger partial charge is 0.243 e. The Labute approximate surface area is 197 Å². The van der Waals surface area contributed by atoms with E-state index in [-0.39, 0.29) is 30.7 Å². The van der Waals surface area contributed by atoms with Crippen molar-refractivity contribution in [3.63, 3.8) is 0 Å². The molecule has 4 aromatic rings. The summed E-state index contributed by atoms with van der Waals surface area (Å²) >= 11 is 0. The standard InChI is InChI=1S/C26H24FN3O3S/c1-16-22-13-19(7-10-25(22)34(32,33)30(16)12-11-26(31)28-2)17-3-5-18(6-4-17)23-15-29-24-14-20(27)8-9-21(23)24/h3-10,13-16,29H,11-12H2,1-2H3,(H,28,31). The fourth-order valence-corrected chi connectivity index (χ4v) is 6.49. The number of nitrogens with one attached hydrogen (secondary N) is 2. The van der Waals surface area contributed by atoms with E-state index < -0.39 is 10.0 Å². The Bertz CT molecular complexity index is 1510. The van der Waals surface area contributed by atoms with Crippen molar-refractivity contribution in [1.82, 2.24) is 14.6 Å². The van der Waals surface area contributed by atoms with E-state index in [0.29, 0.717) is 4.90 Å². The van der Waals surface area contributed by atoms with Gasteiger partial charge in [0.2, 0.25) is 15.9 Å². The zero-order valence-electron chi connectivity index (χ0n) is 18.8. The molecule has 0 radical (unpaired) electrons. The predicted molar refractivity (Wildman–Crippen MR) is 130 cm³/mol. The number of nitrogens with zero attached hydrogens (tertiary/aromatic N) is 1. The molecule has 1 aromatic heterocycles. The van der Waals surface area contributed by atoms with Crippen LogP contribution < -0.4 is 5.32 Å². The molecule has 0 aliphatic carbocycles. The third-order valence-corrected chi connectivity index (χ3v) is 8.53. The summed E-state index contributed by atoms with van der Waals surface area (Å²) in [6.07, 6.45) is 1.98. The quantitative estimate of drug-likeness (QED) is 0.431. The lowest BCUT2D eigenvalue weighted by Gasteiger charge is -2.19. The summed E-state index contributed by atoms with van der Waals surface area (Å²) < 4.78 is 40.9. The van der Waals surface area contributed by atoms with Crippen LogP contribution >= 0.6 is 0 Å². The van der Waals surface area contributed by atoms with Crippen molar-refractivity contribution in [2.75, 3.05) is 13.6 Å². The van der Waals surface area contributed by atoms with Crippen LogP contribution in [0.25, 0.3) is 33.2 Å². The molecule has 34 heavy (non-hydrogen) atoms. The first-order valence-corrected chi connectivity index (χ1v) is 12.5. The van der Waals surface area contributed by atoms with Crippen LogP contribution in [0.5, 0.6) is 0 Å². The maximum absolute atomic E-state index is 13.5. The summed E-state index contributed by atoms with van der Waals surface area (Å²) in [6, 6.07) is 17.7. The third kappa shape index (κ3) is 3.69. The summed E-state index contributed by atoms with van der Waals surface area (Å²) in [5.74, 6) is -0.476. The van der Waals surface area contributed by atoms with Gasteiger partial charge in [-0.25, -0.2) is 12.8 Å². The Morgan fingerprint density at radius 3 is 2.47 bits per heavy atom. The highest BCUT2D eigenvalue weighted by atomic mass is 32.2. The van der Waals surface area contributed by atoms with Gasteiger partial charge in [-0.15, -0.1) is 0 Å². The van der Waals surface area contributed by atoms with Crippen LogP contribution in [0, 0.1) is 5.82 Å². The van der Waals surface area contributed by atoms with Crippen molar-refractivity contribution in [2.24, 2.45) is 0 Å². The molecule has 0 saturated heterocycles. The van der Waals surface area contributed by atoms with E-state index in [1.165, 1.54) is 23.5 Å². The number of fused-ring (bicyclic) bond motifs is 2. The minimum absolute atomic E-state index is 0.114. The van der Waals surface area contributed by atoms with Crippen LogP contribution in [-0.2, 0) is 14.8 Å². The third-order valence-electron chi connectivity index (χ3n) is 6.49. The zero-order chi connectivity index (χ0) is 24.0. The number of rotatable bonds is 5. The topological polar surface area (TPSA) is 82.3 Å². The lowest BCUT2D eigenvalue weighted by Crippen LogP contribution is -2.31. The molecule has 2 N–H and O–H groups in total. The number of H-pyrrole nitrogens is 1. The monoisotopic (exact) mass is 477 g/mol. The Balaban J connectivity index is 1.44. The maximum Gasteiger partial charge on any atom is 0.243 e. The number of aromatic nitrogens is 1. The number of sulfonamides is 1. The van der Waals surface area contributed by atoms with Gasteiger partial charge in [-0.3, -0.25) is 4.79 Å². The lowest BCUT2D eigenvalue weighted by atomic mass is 9.97. The van der Waals surface area contributed by atoms with Crippen LogP contribution in [0.1, 0.15) is 24.9 Å². The average molecular weight is 478 g/mol. The second kappa shape index (κ2) is 8.38. The van der Waals surface area contributed by atoms with Gasteiger partial charge in [0.05, 0.1) is 4.90 Å². The molecule has 6 nitrogen and oxygen atoms in total. The van der Waals surface area contributed by atoms with Gasteiger partial charge in [0.25, 0.3) is 0 Å². The van der Waals surface area contributed by atoms with Crippen LogP contribution in [0.2, 0.25) is 0 Å². The Morgan fingerprint density at radius 1 is 1.03 bits per heavy atom. The molecular weight excluding hydrogens is 453 g/mol. The van der Waals surface area contributed by atoms with Gasteiger partial charge in [-0.2, -0.15) is 4.31 Å². The number of amides is 1. The fraction of sp³-hybridized carbons (Fsp3) is 0.192. The molecule has 0 fully saturated rings. The highest BCUT2D eigenvalue weighted by molar-refractivity contribution is 7.89. The summed E-state index contributed by atoms with van der Waals surface area (Å²) in [5.41, 5.74) is 5.35. The van der Waals surface area contributed by atoms with Crippen LogP contribution in [0.3, 0.4) is 0 Å². The molecule has 1 atom stereocenters. The normalized spacial score (nSPS) is 17.1. The van der Waals surface area contributed by atoms with Gasteiger partial charge >= 0.3 is 0 Å². The number of benzene rings is 3. The van der Waals surface area contributed by atoms with Gasteiger partial charge in [0, 0.05) is 48.7 Å². The van der Waals surface area contributed by atoms with E-state index in [1.54, 1.807) is 12.1 Å². The molecule has 174 valence electrons. The first kappa shape index (κ1) is 22.3. The fourth-order valence-electron chi connectivity index (χ4n) is 4.61. The molecule has 1 unspecified atom stereocenters. The molecule has 1 aliphatic rings. The van der Waals surface area contributed by atoms with E-state index >= 15 is 0 Å². The minimum atomic E-state index is -3.64. The van der Waals surface area contributed by atoms with Crippen molar-refractivity contribution in [2.45, 2.75) is 24.3 Å². The van der Waals surface area contributed by atoms with Crippen molar-refractivity contribution >= 4 is 26.8 Å². The number of halogens is 1. The van der Waals surface area contributed by atoms with Gasteiger partial charge < -0.3 is 10.3 Å². The Kier molecular flexibility index (Phi) is 5.50. The van der Waals surface area contributed by atoms with Gasteiger partial charge in [-0.1, -0.05) is 30.3 Å². The second-order valence-corrected chi connectivity index (χ2v) is 10.3. The SMILES string of the molecule is CNC(=O)CCN1C(C)c2cc(-c3ccc(-c4c[nH]c5cc(F)ccc45)cc3)ccc2S1(=O)=O. The second-order valence-electron chi connectivity index (χ2n) is 8.44. The first-order chi connectivity index (χ1) is 16.3. The van der Waals surface area contributed by atoms with Gasteiger partial charge in [0.1, 0.15) is 5.82 Å².